The first-order chi connectivity index (χ1) is 23.2. The summed E-state index contributed by atoms with van der Waals surface area (Å²) in [6.07, 6.45) is -4.58. The predicted molar refractivity (Wildman–Crippen MR) is 168 cm³/mol. The van der Waals surface area contributed by atoms with Crippen molar-refractivity contribution in [3.05, 3.63) is 77.4 Å². The van der Waals surface area contributed by atoms with Gasteiger partial charge in [0.1, 0.15) is 6.79 Å². The van der Waals surface area contributed by atoms with Gasteiger partial charge in [-0.2, -0.15) is 23.1 Å². The molecule has 3 aromatic rings. The van der Waals surface area contributed by atoms with E-state index in [4.69, 9.17) is 23.7 Å². The molecule has 0 spiro atoms. The largest absolute Gasteiger partial charge is 0.481 e. The Hall–Kier alpha value is -3.98. The number of halogens is 3. The lowest BCUT2D eigenvalue weighted by Gasteiger charge is -2.54. The van der Waals surface area contributed by atoms with Crippen LogP contribution in [0.2, 0.25) is 0 Å². The Balaban J connectivity index is 1.36. The average Bonchev–Trinajstić information content (AvgIpc) is 3.11. The van der Waals surface area contributed by atoms with Crippen LogP contribution < -0.4 is 14.2 Å². The van der Waals surface area contributed by atoms with E-state index in [1.54, 1.807) is 0 Å². The fraction of sp³-hybridized carbons (Fsp3) is 0.500. The Morgan fingerprint density at radius 2 is 1.54 bits per heavy atom. The lowest BCUT2D eigenvalue weighted by atomic mass is 9.81. The minimum Gasteiger partial charge on any atom is -0.481 e. The van der Waals surface area contributed by atoms with Gasteiger partial charge in [0.05, 0.1) is 38.9 Å². The third-order valence-corrected chi connectivity index (χ3v) is 9.08. The van der Waals surface area contributed by atoms with Crippen LogP contribution in [0.1, 0.15) is 22.6 Å². The number of piperazine rings is 2. The van der Waals surface area contributed by atoms with Gasteiger partial charge in [-0.1, -0.05) is 60.7 Å². The van der Waals surface area contributed by atoms with Gasteiger partial charge in [0.2, 0.25) is 17.7 Å². The van der Waals surface area contributed by atoms with Crippen molar-refractivity contribution >= 4 is 5.91 Å². The number of aromatic nitrogens is 2. The summed E-state index contributed by atoms with van der Waals surface area (Å²) in [6.45, 7) is 2.24. The molecule has 2 atom stereocenters. The molecule has 4 heterocycles. The predicted octanol–water partition coefficient (Wildman–Crippen LogP) is 3.58. The van der Waals surface area contributed by atoms with E-state index < -0.39 is 12.8 Å². The molecule has 1 amide bonds. The highest BCUT2D eigenvalue weighted by molar-refractivity contribution is 5.79. The number of hydrogen-bond acceptors (Lipinski definition) is 10. The molecule has 48 heavy (non-hydrogen) atoms. The van der Waals surface area contributed by atoms with Crippen molar-refractivity contribution in [3.63, 3.8) is 0 Å². The Labute approximate surface area is 277 Å². The van der Waals surface area contributed by atoms with Crippen molar-refractivity contribution in [2.75, 3.05) is 73.6 Å². The van der Waals surface area contributed by atoms with Gasteiger partial charge in [-0.25, -0.2) is 0 Å². The molecule has 1 unspecified atom stereocenters. The first-order valence-electron chi connectivity index (χ1n) is 15.9. The first kappa shape index (κ1) is 33.9. The highest BCUT2D eigenvalue weighted by Crippen LogP contribution is 2.38. The maximum absolute atomic E-state index is 13.6. The second-order valence-electron chi connectivity index (χ2n) is 12.2. The maximum atomic E-state index is 13.6. The Morgan fingerprint density at radius 1 is 0.896 bits per heavy atom. The summed E-state index contributed by atoms with van der Waals surface area (Å²) >= 11 is 0. The zero-order valence-corrected chi connectivity index (χ0v) is 27.0. The van der Waals surface area contributed by atoms with Crippen LogP contribution in [0.15, 0.2) is 60.7 Å². The van der Waals surface area contributed by atoms with E-state index >= 15 is 0 Å². The van der Waals surface area contributed by atoms with Gasteiger partial charge < -0.3 is 28.6 Å². The topological polar surface area (TPSA) is 98.7 Å². The summed E-state index contributed by atoms with van der Waals surface area (Å²) in [5, 5.41) is 0. The van der Waals surface area contributed by atoms with Crippen molar-refractivity contribution in [2.24, 2.45) is 5.92 Å². The quantitative estimate of drug-likeness (QED) is 0.318. The SMILES string of the molecule is COc1nc(OC)c(CN2CC(C(c3ccccc3)c3ccccc3)N3CCN(C(=O)C4COCOC4)C[C@H]3C2)c(OCC(F)(F)F)n1. The second kappa shape index (κ2) is 15.1. The van der Waals surface area contributed by atoms with E-state index in [-0.39, 0.29) is 66.5 Å². The molecular formula is C34H40F3N5O6. The van der Waals surface area contributed by atoms with Crippen LogP contribution in [0, 0.1) is 5.92 Å². The minimum absolute atomic E-state index is 0.00115. The number of hydrogen-bond donors (Lipinski definition) is 0. The Morgan fingerprint density at radius 3 is 2.15 bits per heavy atom. The summed E-state index contributed by atoms with van der Waals surface area (Å²) < 4.78 is 66.6. The van der Waals surface area contributed by atoms with Crippen LogP contribution in [0.5, 0.6) is 17.8 Å². The number of alkyl halides is 3. The van der Waals surface area contributed by atoms with Gasteiger partial charge in [-0.3, -0.25) is 14.6 Å². The van der Waals surface area contributed by atoms with Crippen LogP contribution in [-0.2, 0) is 20.8 Å². The molecule has 0 radical (unpaired) electrons. The number of amides is 1. The number of ether oxygens (including phenoxy) is 5. The molecule has 0 N–H and O–H groups in total. The summed E-state index contributed by atoms with van der Waals surface area (Å²) in [5.74, 6) is -0.584. The molecule has 258 valence electrons. The van der Waals surface area contributed by atoms with Crippen molar-refractivity contribution < 1.29 is 41.7 Å². The molecule has 3 aliphatic rings. The maximum Gasteiger partial charge on any atom is 0.422 e. The van der Waals surface area contributed by atoms with E-state index in [0.29, 0.717) is 45.9 Å². The van der Waals surface area contributed by atoms with Crippen LogP contribution in [-0.4, -0.2) is 122 Å². The molecule has 11 nitrogen and oxygen atoms in total. The van der Waals surface area contributed by atoms with Crippen LogP contribution >= 0.6 is 0 Å². The first-order valence-corrected chi connectivity index (χ1v) is 15.9. The lowest BCUT2D eigenvalue weighted by molar-refractivity contribution is -0.164. The number of carbonyl (C=O) groups is 1. The Bertz CT molecular complexity index is 1470. The number of methoxy groups -OCH3 is 2. The molecule has 6 rings (SSSR count). The highest BCUT2D eigenvalue weighted by atomic mass is 19.4. The molecule has 3 aliphatic heterocycles. The summed E-state index contributed by atoms with van der Waals surface area (Å²) in [7, 11) is 2.71. The average molecular weight is 672 g/mol. The van der Waals surface area contributed by atoms with Crippen LogP contribution in [0.25, 0.3) is 0 Å². The van der Waals surface area contributed by atoms with Crippen LogP contribution in [0.4, 0.5) is 13.2 Å². The van der Waals surface area contributed by atoms with Gasteiger partial charge in [0.25, 0.3) is 0 Å². The smallest absolute Gasteiger partial charge is 0.422 e. The fourth-order valence-electron chi connectivity index (χ4n) is 7.00. The van der Waals surface area contributed by atoms with Crippen molar-refractivity contribution in [1.29, 1.82) is 0 Å². The number of fused-ring (bicyclic) bond motifs is 1. The number of carbonyl (C=O) groups excluding carboxylic acids is 1. The summed E-state index contributed by atoms with van der Waals surface area (Å²) in [6, 6.07) is 20.3. The monoisotopic (exact) mass is 671 g/mol. The number of benzene rings is 2. The zero-order valence-electron chi connectivity index (χ0n) is 27.0. The van der Waals surface area contributed by atoms with E-state index in [1.165, 1.54) is 14.2 Å². The summed E-state index contributed by atoms with van der Waals surface area (Å²) in [5.41, 5.74) is 2.57. The molecule has 0 aliphatic carbocycles. The molecule has 14 heteroatoms. The molecule has 3 fully saturated rings. The minimum atomic E-state index is -4.58. The highest BCUT2D eigenvalue weighted by Gasteiger charge is 2.44. The molecular weight excluding hydrogens is 631 g/mol. The zero-order chi connectivity index (χ0) is 33.7. The van der Waals surface area contributed by atoms with Crippen molar-refractivity contribution in [3.8, 4) is 17.8 Å². The van der Waals surface area contributed by atoms with Gasteiger partial charge >= 0.3 is 12.2 Å². The third-order valence-electron chi connectivity index (χ3n) is 9.08. The second-order valence-corrected chi connectivity index (χ2v) is 12.2. The molecule has 3 saturated heterocycles. The molecule has 0 saturated carbocycles. The van der Waals surface area contributed by atoms with Gasteiger partial charge in [-0.15, -0.1) is 0 Å². The third kappa shape index (κ3) is 7.83. The van der Waals surface area contributed by atoms with E-state index in [1.807, 2.05) is 41.3 Å². The normalized spacial score (nSPS) is 21.2. The molecule has 1 aromatic heterocycles. The van der Waals surface area contributed by atoms with E-state index in [9.17, 15) is 18.0 Å². The lowest BCUT2D eigenvalue weighted by Crippen LogP contribution is -2.67. The van der Waals surface area contributed by atoms with E-state index in [2.05, 4.69) is 44.0 Å². The number of rotatable bonds is 10. The van der Waals surface area contributed by atoms with Gasteiger partial charge in [-0.05, 0) is 11.1 Å². The number of nitrogens with zero attached hydrogens (tertiary/aromatic N) is 5. The Kier molecular flexibility index (Phi) is 10.6. The molecule has 0 bridgehead atoms. The molecule has 2 aromatic carbocycles. The van der Waals surface area contributed by atoms with Crippen LogP contribution in [0.3, 0.4) is 0 Å². The fourth-order valence-corrected chi connectivity index (χ4v) is 7.00. The van der Waals surface area contributed by atoms with Crippen molar-refractivity contribution in [2.45, 2.75) is 30.7 Å². The van der Waals surface area contributed by atoms with Gasteiger partial charge in [0.15, 0.2) is 6.61 Å². The van der Waals surface area contributed by atoms with Gasteiger partial charge in [0, 0.05) is 57.3 Å². The van der Waals surface area contributed by atoms with Crippen molar-refractivity contribution in [1.82, 2.24) is 24.7 Å². The van der Waals surface area contributed by atoms with E-state index in [0.717, 1.165) is 11.1 Å². The standard InChI is InChI=1S/C34H40F3N5O6/c1-44-30-27(31(39-33(38-30)45-2)48-21-34(35,36)37)17-40-15-26-16-41(32(43)25-19-46-22-47-20-25)13-14-42(26)28(18-40)29(23-9-5-3-6-10-23)24-11-7-4-8-12-24/h3-12,25-26,28-29H,13-22H2,1-2H3/t26-,28?/m1/s1. The summed E-state index contributed by atoms with van der Waals surface area (Å²) in [4.78, 5) is 28.5.